The molecular weight excluding hydrogens is 330 g/mol. The fraction of sp³-hybridized carbons (Fsp3) is 0.462. The van der Waals surface area contributed by atoms with E-state index in [1.807, 2.05) is 0 Å². The van der Waals surface area contributed by atoms with Crippen LogP contribution in [-0.4, -0.2) is 36.0 Å². The molecule has 1 rings (SSSR count). The number of aldehydes is 1. The Balaban J connectivity index is 3.23. The SMILES string of the molecule is CCOC(=O)c1c(Br)cn(C(C)C(=O)OCC)c1C=O. The number of aromatic nitrogens is 1. The van der Waals surface area contributed by atoms with Gasteiger partial charge >= 0.3 is 11.9 Å². The summed E-state index contributed by atoms with van der Waals surface area (Å²) in [5, 5.41) is 0. The fourth-order valence-corrected chi connectivity index (χ4v) is 2.32. The minimum atomic E-state index is -0.713. The zero-order chi connectivity index (χ0) is 15.3. The van der Waals surface area contributed by atoms with Gasteiger partial charge in [-0.1, -0.05) is 0 Å². The van der Waals surface area contributed by atoms with Crippen LogP contribution in [0.15, 0.2) is 10.7 Å². The molecule has 0 radical (unpaired) electrons. The van der Waals surface area contributed by atoms with Crippen LogP contribution in [0.1, 0.15) is 47.7 Å². The van der Waals surface area contributed by atoms with Crippen molar-refractivity contribution in [2.45, 2.75) is 26.8 Å². The van der Waals surface area contributed by atoms with Crippen LogP contribution in [0.5, 0.6) is 0 Å². The second-order valence-electron chi connectivity index (χ2n) is 3.91. The zero-order valence-electron chi connectivity index (χ0n) is 11.5. The van der Waals surface area contributed by atoms with E-state index < -0.39 is 18.0 Å². The second-order valence-corrected chi connectivity index (χ2v) is 4.77. The Morgan fingerprint density at radius 3 is 2.45 bits per heavy atom. The number of nitrogens with zero attached hydrogens (tertiary/aromatic N) is 1. The average Bonchev–Trinajstić information content (AvgIpc) is 2.75. The normalized spacial score (nSPS) is 11.8. The Morgan fingerprint density at radius 1 is 1.35 bits per heavy atom. The van der Waals surface area contributed by atoms with Crippen LogP contribution < -0.4 is 0 Å². The highest BCUT2D eigenvalue weighted by atomic mass is 79.9. The van der Waals surface area contributed by atoms with Gasteiger partial charge in [-0.2, -0.15) is 0 Å². The van der Waals surface area contributed by atoms with Crippen molar-refractivity contribution in [2.75, 3.05) is 13.2 Å². The topological polar surface area (TPSA) is 74.6 Å². The van der Waals surface area contributed by atoms with E-state index in [-0.39, 0.29) is 24.5 Å². The molecule has 0 aliphatic carbocycles. The lowest BCUT2D eigenvalue weighted by Crippen LogP contribution is -2.21. The van der Waals surface area contributed by atoms with E-state index in [1.54, 1.807) is 20.8 Å². The molecule has 0 N–H and O–H groups in total. The molecule has 0 bridgehead atoms. The molecule has 0 saturated heterocycles. The molecule has 1 aromatic heterocycles. The highest BCUT2D eigenvalue weighted by Gasteiger charge is 2.26. The van der Waals surface area contributed by atoms with Crippen molar-refractivity contribution in [3.05, 3.63) is 21.9 Å². The molecule has 20 heavy (non-hydrogen) atoms. The molecule has 0 saturated carbocycles. The Bertz CT molecular complexity index is 523. The van der Waals surface area contributed by atoms with Gasteiger partial charge in [0.25, 0.3) is 0 Å². The van der Waals surface area contributed by atoms with Gasteiger partial charge in [0, 0.05) is 6.20 Å². The van der Waals surface area contributed by atoms with E-state index in [0.29, 0.717) is 10.8 Å². The second kappa shape index (κ2) is 7.23. The summed E-state index contributed by atoms with van der Waals surface area (Å²) >= 11 is 3.20. The predicted molar refractivity (Wildman–Crippen MR) is 74.8 cm³/mol. The van der Waals surface area contributed by atoms with E-state index in [0.717, 1.165) is 0 Å². The molecule has 7 heteroatoms. The minimum Gasteiger partial charge on any atom is -0.464 e. The summed E-state index contributed by atoms with van der Waals surface area (Å²) in [5.74, 6) is -1.09. The molecule has 1 unspecified atom stereocenters. The third-order valence-electron chi connectivity index (χ3n) is 2.66. The average molecular weight is 346 g/mol. The van der Waals surface area contributed by atoms with E-state index in [2.05, 4.69) is 15.9 Å². The van der Waals surface area contributed by atoms with Crippen molar-refractivity contribution in [2.24, 2.45) is 0 Å². The first-order valence-corrected chi connectivity index (χ1v) is 6.96. The number of esters is 2. The maximum Gasteiger partial charge on any atom is 0.341 e. The van der Waals surface area contributed by atoms with Crippen LogP contribution in [-0.2, 0) is 14.3 Å². The summed E-state index contributed by atoms with van der Waals surface area (Å²) in [4.78, 5) is 34.8. The third-order valence-corrected chi connectivity index (χ3v) is 3.26. The van der Waals surface area contributed by atoms with E-state index in [1.165, 1.54) is 10.8 Å². The van der Waals surface area contributed by atoms with Crippen LogP contribution in [0.2, 0.25) is 0 Å². The highest BCUT2D eigenvalue weighted by molar-refractivity contribution is 9.10. The maximum absolute atomic E-state index is 11.8. The Labute approximate surface area is 125 Å². The summed E-state index contributed by atoms with van der Waals surface area (Å²) in [6.07, 6.45) is 2.02. The molecule has 0 spiro atoms. The molecule has 0 amide bonds. The highest BCUT2D eigenvalue weighted by Crippen LogP contribution is 2.26. The third kappa shape index (κ3) is 3.27. The number of halogens is 1. The first-order chi connectivity index (χ1) is 9.47. The van der Waals surface area contributed by atoms with Crippen LogP contribution in [0, 0.1) is 0 Å². The van der Waals surface area contributed by atoms with Gasteiger partial charge in [0.1, 0.15) is 11.6 Å². The van der Waals surface area contributed by atoms with Crippen LogP contribution in [0.3, 0.4) is 0 Å². The molecule has 0 aliphatic rings. The predicted octanol–water partition coefficient (Wildman–Crippen LogP) is 2.36. The van der Waals surface area contributed by atoms with Crippen molar-refractivity contribution in [3.8, 4) is 0 Å². The zero-order valence-corrected chi connectivity index (χ0v) is 13.1. The van der Waals surface area contributed by atoms with Crippen molar-refractivity contribution in [1.29, 1.82) is 0 Å². The molecule has 1 heterocycles. The smallest absolute Gasteiger partial charge is 0.341 e. The molecule has 0 aromatic carbocycles. The number of ether oxygens (including phenoxy) is 2. The Morgan fingerprint density at radius 2 is 1.95 bits per heavy atom. The lowest BCUT2D eigenvalue weighted by molar-refractivity contribution is -0.146. The van der Waals surface area contributed by atoms with Gasteiger partial charge in [0.05, 0.1) is 23.4 Å². The molecule has 1 aromatic rings. The number of hydrogen-bond acceptors (Lipinski definition) is 5. The van der Waals surface area contributed by atoms with Gasteiger partial charge in [-0.05, 0) is 36.7 Å². The first kappa shape index (κ1) is 16.4. The summed E-state index contributed by atoms with van der Waals surface area (Å²) in [5.41, 5.74) is 0.189. The van der Waals surface area contributed by atoms with Gasteiger partial charge in [0.15, 0.2) is 6.29 Å². The van der Waals surface area contributed by atoms with Crippen molar-refractivity contribution in [3.63, 3.8) is 0 Å². The lowest BCUT2D eigenvalue weighted by atomic mass is 10.2. The minimum absolute atomic E-state index is 0.0795. The van der Waals surface area contributed by atoms with E-state index >= 15 is 0 Å². The summed E-state index contributed by atoms with van der Waals surface area (Å²) in [7, 11) is 0. The van der Waals surface area contributed by atoms with Crippen LogP contribution in [0.4, 0.5) is 0 Å². The van der Waals surface area contributed by atoms with Gasteiger partial charge in [-0.25, -0.2) is 9.59 Å². The Hall–Kier alpha value is -1.63. The lowest BCUT2D eigenvalue weighted by Gasteiger charge is -2.14. The van der Waals surface area contributed by atoms with E-state index in [9.17, 15) is 14.4 Å². The van der Waals surface area contributed by atoms with Crippen molar-refractivity contribution in [1.82, 2.24) is 4.57 Å². The van der Waals surface area contributed by atoms with E-state index in [4.69, 9.17) is 9.47 Å². The summed E-state index contributed by atoms with van der Waals surface area (Å²) in [6, 6.07) is -0.713. The number of rotatable bonds is 6. The Kier molecular flexibility index (Phi) is 5.94. The summed E-state index contributed by atoms with van der Waals surface area (Å²) < 4.78 is 11.6. The van der Waals surface area contributed by atoms with Crippen LogP contribution >= 0.6 is 15.9 Å². The van der Waals surface area contributed by atoms with Gasteiger partial charge in [-0.15, -0.1) is 0 Å². The van der Waals surface area contributed by atoms with Crippen molar-refractivity contribution < 1.29 is 23.9 Å². The van der Waals surface area contributed by atoms with Gasteiger partial charge in [-0.3, -0.25) is 4.79 Å². The maximum atomic E-state index is 11.8. The quantitative estimate of drug-likeness (QED) is 0.584. The standard InChI is InChI=1S/C13H16BrNO5/c1-4-19-12(17)8(3)15-6-9(14)11(10(15)7-16)13(18)20-5-2/h6-8H,4-5H2,1-3H3. The molecule has 110 valence electrons. The first-order valence-electron chi connectivity index (χ1n) is 6.17. The number of hydrogen-bond donors (Lipinski definition) is 0. The molecule has 0 aliphatic heterocycles. The molecule has 1 atom stereocenters. The van der Waals surface area contributed by atoms with Gasteiger partial charge < -0.3 is 14.0 Å². The number of carbonyl (C=O) groups is 3. The number of carbonyl (C=O) groups excluding carboxylic acids is 3. The van der Waals surface area contributed by atoms with Crippen molar-refractivity contribution >= 4 is 34.2 Å². The molecule has 0 fully saturated rings. The van der Waals surface area contributed by atoms with Gasteiger partial charge in [0.2, 0.25) is 0 Å². The monoisotopic (exact) mass is 345 g/mol. The fourth-order valence-electron chi connectivity index (χ4n) is 1.73. The molecular formula is C13H16BrNO5. The van der Waals surface area contributed by atoms with Crippen LogP contribution in [0.25, 0.3) is 0 Å². The largest absolute Gasteiger partial charge is 0.464 e. The summed E-state index contributed by atoms with van der Waals surface area (Å²) in [6.45, 7) is 5.40. The molecule has 6 nitrogen and oxygen atoms in total.